The molecule has 1 aliphatic heterocycles. The quantitative estimate of drug-likeness (QED) is 0.390. The summed E-state index contributed by atoms with van der Waals surface area (Å²) in [7, 11) is 1.67. The minimum absolute atomic E-state index is 0.0593. The molecule has 0 saturated carbocycles. The van der Waals surface area contributed by atoms with E-state index in [-0.39, 0.29) is 5.56 Å². The van der Waals surface area contributed by atoms with E-state index >= 15 is 0 Å². The number of aromatic nitrogens is 2. The van der Waals surface area contributed by atoms with Gasteiger partial charge in [0.1, 0.15) is 5.75 Å². The molecule has 0 aliphatic carbocycles. The van der Waals surface area contributed by atoms with Crippen LogP contribution in [0, 0.1) is 6.92 Å². The largest absolute Gasteiger partial charge is 0.497 e. The van der Waals surface area contributed by atoms with E-state index in [1.807, 2.05) is 30.3 Å². The van der Waals surface area contributed by atoms with Gasteiger partial charge in [-0.25, -0.2) is 4.98 Å². The lowest BCUT2D eigenvalue weighted by Crippen LogP contribution is -2.29. The molecule has 4 aromatic rings. The van der Waals surface area contributed by atoms with E-state index in [1.165, 1.54) is 24.8 Å². The van der Waals surface area contributed by atoms with E-state index in [9.17, 15) is 4.79 Å². The number of rotatable bonds is 6. The Kier molecular flexibility index (Phi) is 6.21. The standard InChI is InChI=1S/C28H29N3O3/c1-20-9-10-25(33-2)16-21(20)17-27-29-19-26(34-27)22-14-23(30-11-5-3-6-12-30)18-24(15-22)31-13-7-4-8-28(31)32/h4,7-10,13-16,18-19H,3,5-6,11-12,17H2,1-2H3. The molecule has 0 atom stereocenters. The van der Waals surface area contributed by atoms with Crippen LogP contribution in [0.5, 0.6) is 5.75 Å². The molecule has 0 amide bonds. The van der Waals surface area contributed by atoms with Crippen LogP contribution in [0.2, 0.25) is 0 Å². The second-order valence-electron chi connectivity index (χ2n) is 8.78. The molecule has 34 heavy (non-hydrogen) atoms. The van der Waals surface area contributed by atoms with E-state index in [1.54, 1.807) is 36.2 Å². The highest BCUT2D eigenvalue weighted by atomic mass is 16.5. The Morgan fingerprint density at radius 2 is 1.82 bits per heavy atom. The Balaban J connectivity index is 1.52. The predicted octanol–water partition coefficient (Wildman–Crippen LogP) is 5.39. The number of piperidine rings is 1. The maximum absolute atomic E-state index is 12.5. The molecule has 0 spiro atoms. The summed E-state index contributed by atoms with van der Waals surface area (Å²) in [6.45, 7) is 4.11. The summed E-state index contributed by atoms with van der Waals surface area (Å²) >= 11 is 0. The van der Waals surface area contributed by atoms with Gasteiger partial charge < -0.3 is 14.1 Å². The molecular weight excluding hydrogens is 426 g/mol. The lowest BCUT2D eigenvalue weighted by molar-refractivity contribution is 0.414. The van der Waals surface area contributed by atoms with Crippen molar-refractivity contribution in [3.63, 3.8) is 0 Å². The molecule has 6 heteroatoms. The van der Waals surface area contributed by atoms with Gasteiger partial charge in [-0.15, -0.1) is 0 Å². The van der Waals surface area contributed by atoms with Crippen molar-refractivity contribution in [2.24, 2.45) is 0 Å². The maximum Gasteiger partial charge on any atom is 0.255 e. The van der Waals surface area contributed by atoms with Crippen LogP contribution in [-0.2, 0) is 6.42 Å². The van der Waals surface area contributed by atoms with Crippen molar-refractivity contribution >= 4 is 5.69 Å². The molecule has 5 rings (SSSR count). The number of ether oxygens (including phenoxy) is 1. The molecule has 6 nitrogen and oxygen atoms in total. The number of hydrogen-bond donors (Lipinski definition) is 0. The van der Waals surface area contributed by atoms with Crippen LogP contribution in [0.25, 0.3) is 17.0 Å². The Bertz CT molecular complexity index is 1350. The van der Waals surface area contributed by atoms with Crippen LogP contribution in [-0.4, -0.2) is 29.8 Å². The van der Waals surface area contributed by atoms with Crippen molar-refractivity contribution in [3.05, 3.63) is 94.4 Å². The molecule has 3 heterocycles. The molecule has 0 bridgehead atoms. The molecule has 2 aromatic carbocycles. The number of nitrogens with zero attached hydrogens (tertiary/aromatic N) is 3. The van der Waals surface area contributed by atoms with Gasteiger partial charge in [-0.1, -0.05) is 12.1 Å². The van der Waals surface area contributed by atoms with Gasteiger partial charge >= 0.3 is 0 Å². The zero-order chi connectivity index (χ0) is 23.5. The fourth-order valence-corrected chi connectivity index (χ4v) is 4.51. The molecule has 1 saturated heterocycles. The topological polar surface area (TPSA) is 60.5 Å². The van der Waals surface area contributed by atoms with Crippen molar-refractivity contribution in [3.8, 4) is 22.8 Å². The molecule has 0 N–H and O–H groups in total. The van der Waals surface area contributed by atoms with E-state index in [0.29, 0.717) is 18.1 Å². The van der Waals surface area contributed by atoms with Gasteiger partial charge in [0.25, 0.3) is 5.56 Å². The first-order valence-corrected chi connectivity index (χ1v) is 11.8. The number of anilines is 1. The molecular formula is C28H29N3O3. The van der Waals surface area contributed by atoms with Gasteiger partial charge in [-0.05, 0) is 73.7 Å². The van der Waals surface area contributed by atoms with Crippen LogP contribution in [0.3, 0.4) is 0 Å². The van der Waals surface area contributed by atoms with Gasteiger partial charge in [0.05, 0.1) is 19.0 Å². The monoisotopic (exact) mass is 455 g/mol. The van der Waals surface area contributed by atoms with Crippen molar-refractivity contribution < 1.29 is 9.15 Å². The molecule has 1 fully saturated rings. The van der Waals surface area contributed by atoms with E-state index in [2.05, 4.69) is 28.9 Å². The maximum atomic E-state index is 12.5. The van der Waals surface area contributed by atoms with Crippen molar-refractivity contribution in [1.29, 1.82) is 0 Å². The minimum atomic E-state index is -0.0593. The van der Waals surface area contributed by atoms with Gasteiger partial charge in [0.2, 0.25) is 0 Å². The Morgan fingerprint density at radius 1 is 1.00 bits per heavy atom. The predicted molar refractivity (Wildman–Crippen MR) is 134 cm³/mol. The lowest BCUT2D eigenvalue weighted by atomic mass is 10.1. The summed E-state index contributed by atoms with van der Waals surface area (Å²) in [5, 5.41) is 0. The van der Waals surface area contributed by atoms with E-state index < -0.39 is 0 Å². The number of benzene rings is 2. The zero-order valence-corrected chi connectivity index (χ0v) is 19.7. The number of methoxy groups -OCH3 is 1. The summed E-state index contributed by atoms with van der Waals surface area (Å²) in [5.74, 6) is 2.16. The summed E-state index contributed by atoms with van der Waals surface area (Å²) in [6, 6.07) is 17.5. The van der Waals surface area contributed by atoms with Crippen LogP contribution in [0.15, 0.2) is 76.2 Å². The normalized spacial score (nSPS) is 13.8. The van der Waals surface area contributed by atoms with Crippen LogP contribution in [0.4, 0.5) is 5.69 Å². The number of oxazole rings is 1. The minimum Gasteiger partial charge on any atom is -0.497 e. The molecule has 174 valence electrons. The summed E-state index contributed by atoms with van der Waals surface area (Å²) < 4.78 is 13.3. The van der Waals surface area contributed by atoms with Gasteiger partial charge in [0.15, 0.2) is 11.7 Å². The fraction of sp³-hybridized carbons (Fsp3) is 0.286. The summed E-state index contributed by atoms with van der Waals surface area (Å²) in [4.78, 5) is 19.5. The van der Waals surface area contributed by atoms with E-state index in [4.69, 9.17) is 9.15 Å². The SMILES string of the molecule is COc1ccc(C)c(Cc2ncc(-c3cc(N4CCCCC4)cc(-n4ccccc4=O)c3)o2)c1. The lowest BCUT2D eigenvalue weighted by Gasteiger charge is -2.29. The fourth-order valence-electron chi connectivity index (χ4n) is 4.51. The van der Waals surface area contributed by atoms with Crippen LogP contribution in [0.1, 0.15) is 36.3 Å². The highest BCUT2D eigenvalue weighted by molar-refractivity contribution is 5.69. The zero-order valence-electron chi connectivity index (χ0n) is 19.7. The first-order valence-electron chi connectivity index (χ1n) is 11.8. The highest BCUT2D eigenvalue weighted by Crippen LogP contribution is 2.31. The van der Waals surface area contributed by atoms with Crippen molar-refractivity contribution in [1.82, 2.24) is 9.55 Å². The number of hydrogen-bond acceptors (Lipinski definition) is 5. The summed E-state index contributed by atoms with van der Waals surface area (Å²) in [5.41, 5.74) is 5.06. The van der Waals surface area contributed by atoms with Crippen molar-refractivity contribution in [2.45, 2.75) is 32.6 Å². The molecule has 0 radical (unpaired) electrons. The van der Waals surface area contributed by atoms with Crippen molar-refractivity contribution in [2.75, 3.05) is 25.1 Å². The van der Waals surface area contributed by atoms with Gasteiger partial charge in [-0.2, -0.15) is 0 Å². The third-order valence-corrected chi connectivity index (χ3v) is 6.46. The number of aryl methyl sites for hydroxylation is 1. The third kappa shape index (κ3) is 4.62. The van der Waals surface area contributed by atoms with Gasteiger partial charge in [-0.3, -0.25) is 9.36 Å². The Hall–Kier alpha value is -3.80. The second-order valence-corrected chi connectivity index (χ2v) is 8.78. The second kappa shape index (κ2) is 9.59. The van der Waals surface area contributed by atoms with Gasteiger partial charge in [0, 0.05) is 43.0 Å². The summed E-state index contributed by atoms with van der Waals surface area (Å²) in [6.07, 6.45) is 7.78. The Morgan fingerprint density at radius 3 is 2.62 bits per heavy atom. The molecule has 0 unspecified atom stereocenters. The Labute approximate surface area is 199 Å². The highest BCUT2D eigenvalue weighted by Gasteiger charge is 2.16. The smallest absolute Gasteiger partial charge is 0.255 e. The van der Waals surface area contributed by atoms with Crippen LogP contribution < -0.4 is 15.2 Å². The first kappa shape index (κ1) is 22.0. The molecule has 1 aliphatic rings. The van der Waals surface area contributed by atoms with Crippen LogP contribution >= 0.6 is 0 Å². The average Bonchev–Trinajstić information content (AvgIpc) is 3.34. The molecule has 2 aromatic heterocycles. The third-order valence-electron chi connectivity index (χ3n) is 6.46. The number of pyridine rings is 1. The first-order chi connectivity index (χ1) is 16.6. The average molecular weight is 456 g/mol. The van der Waals surface area contributed by atoms with E-state index in [0.717, 1.165) is 41.3 Å².